The highest BCUT2D eigenvalue weighted by Crippen LogP contribution is 1.90. The molecule has 0 aliphatic rings. The van der Waals surface area contributed by atoms with Crippen LogP contribution in [0.1, 0.15) is 20.3 Å². The van der Waals surface area contributed by atoms with Crippen LogP contribution in [-0.2, 0) is 0 Å². The maximum absolute atomic E-state index is 2.89. The average molecular weight is 124 g/mol. The van der Waals surface area contributed by atoms with Crippen molar-refractivity contribution in [2.75, 3.05) is 0 Å². The Morgan fingerprint density at radius 3 is 2.62 bits per heavy atom. The Hall–Kier alpha value is -0.530. The highest BCUT2D eigenvalue weighted by Gasteiger charge is 1.62. The Balaban J connectivity index is 3.24. The van der Waals surface area contributed by atoms with E-state index in [0.717, 1.165) is 6.42 Å². The van der Waals surface area contributed by atoms with Gasteiger partial charge in [-0.25, -0.2) is 0 Å². The topological polar surface area (TPSA) is 0 Å². The fourth-order valence-corrected chi connectivity index (χ4v) is 0.554. The molecule has 0 rings (SSSR count). The summed E-state index contributed by atoms with van der Waals surface area (Å²) in [6.45, 7) is 3.83. The molecule has 0 spiro atoms. The van der Waals surface area contributed by atoms with Crippen molar-refractivity contribution < 1.29 is 0 Å². The van der Waals surface area contributed by atoms with E-state index in [2.05, 4.69) is 22.3 Å². The third-order valence-corrected chi connectivity index (χ3v) is 1.01. The van der Waals surface area contributed by atoms with Gasteiger partial charge in [-0.1, -0.05) is 18.8 Å². The molecule has 42 valence electrons. The molecule has 0 radical (unpaired) electrons. The predicted octanol–water partition coefficient (Wildman–Crippen LogP) is 2.07. The minimum Gasteiger partial charge on any atom is -0.0937 e. The molecule has 0 amide bonds. The summed E-state index contributed by atoms with van der Waals surface area (Å²) in [7, 11) is 0. The van der Waals surface area contributed by atoms with Gasteiger partial charge < -0.3 is 0 Å². The van der Waals surface area contributed by atoms with E-state index in [0.29, 0.717) is 0 Å². The zero-order valence-electron chi connectivity index (χ0n) is 5.12. The van der Waals surface area contributed by atoms with Crippen molar-refractivity contribution >= 4 is 11.8 Å². The molecule has 0 atom stereocenters. The normalized spacial score (nSPS) is 5.75. The van der Waals surface area contributed by atoms with E-state index in [1.165, 1.54) is 11.8 Å². The Morgan fingerprint density at radius 1 is 1.38 bits per heavy atom. The molecule has 0 fully saturated rings. The van der Waals surface area contributed by atoms with Crippen molar-refractivity contribution in [2.45, 2.75) is 20.3 Å². The fourth-order valence-electron chi connectivity index (χ4n) is 0.185. The summed E-state index contributed by atoms with van der Waals surface area (Å²) >= 11 is 1.36. The number of rotatable bonds is 0. The second kappa shape index (κ2) is 6.47. The lowest BCUT2D eigenvalue weighted by atomic mass is 10.5. The molecular formula is C7H8S. The summed E-state index contributed by atoms with van der Waals surface area (Å²) < 4.78 is 0. The summed E-state index contributed by atoms with van der Waals surface area (Å²) in [6.07, 6.45) is 0.915. The van der Waals surface area contributed by atoms with E-state index in [1.54, 1.807) is 6.92 Å². The molecule has 1 heteroatoms. The van der Waals surface area contributed by atoms with Crippen LogP contribution < -0.4 is 0 Å². The van der Waals surface area contributed by atoms with E-state index < -0.39 is 0 Å². The molecule has 0 aliphatic carbocycles. The summed E-state index contributed by atoms with van der Waals surface area (Å²) in [5.74, 6) is 5.63. The molecule has 0 N–H and O–H groups in total. The molecule has 0 heterocycles. The first kappa shape index (κ1) is 7.47. The van der Waals surface area contributed by atoms with Crippen LogP contribution in [0.2, 0.25) is 0 Å². The van der Waals surface area contributed by atoms with Gasteiger partial charge in [0.25, 0.3) is 0 Å². The number of thioether (sulfide) groups is 1. The molecule has 0 aromatic carbocycles. The molecule has 0 saturated carbocycles. The number of hydrogen-bond donors (Lipinski definition) is 0. The van der Waals surface area contributed by atoms with Gasteiger partial charge in [0.15, 0.2) is 0 Å². The zero-order chi connectivity index (χ0) is 6.24. The van der Waals surface area contributed by atoms with Gasteiger partial charge in [-0.3, -0.25) is 0 Å². The quantitative estimate of drug-likeness (QED) is 0.445. The molecule has 8 heavy (non-hydrogen) atoms. The first-order valence-corrected chi connectivity index (χ1v) is 3.29. The van der Waals surface area contributed by atoms with Gasteiger partial charge in [0.2, 0.25) is 0 Å². The average Bonchev–Trinajstić information content (AvgIpc) is 1.81. The van der Waals surface area contributed by atoms with Gasteiger partial charge in [-0.15, -0.1) is 0 Å². The minimum absolute atomic E-state index is 0.915. The lowest BCUT2D eigenvalue weighted by Crippen LogP contribution is -1.48. The SMILES string of the molecule is CC#CSC#CCC. The van der Waals surface area contributed by atoms with Gasteiger partial charge >= 0.3 is 0 Å². The third-order valence-electron chi connectivity index (χ3n) is 0.453. The molecular weight excluding hydrogens is 116 g/mol. The number of hydrogen-bond acceptors (Lipinski definition) is 1. The fraction of sp³-hybridized carbons (Fsp3) is 0.429. The molecule has 0 aromatic rings. The zero-order valence-corrected chi connectivity index (χ0v) is 5.93. The van der Waals surface area contributed by atoms with Crippen LogP contribution in [0, 0.1) is 22.3 Å². The summed E-state index contributed by atoms with van der Waals surface area (Å²) in [6, 6.07) is 0. The van der Waals surface area contributed by atoms with E-state index in [-0.39, 0.29) is 0 Å². The van der Waals surface area contributed by atoms with Crippen LogP contribution in [0.25, 0.3) is 0 Å². The summed E-state index contributed by atoms with van der Waals surface area (Å²) in [5.41, 5.74) is 0. The Labute approximate surface area is 55.1 Å². The van der Waals surface area contributed by atoms with Crippen LogP contribution in [-0.4, -0.2) is 0 Å². The van der Waals surface area contributed by atoms with Crippen LogP contribution in [0.4, 0.5) is 0 Å². The van der Waals surface area contributed by atoms with Gasteiger partial charge in [0, 0.05) is 18.2 Å². The van der Waals surface area contributed by atoms with Crippen molar-refractivity contribution in [1.82, 2.24) is 0 Å². The lowest BCUT2D eigenvalue weighted by Gasteiger charge is -1.66. The van der Waals surface area contributed by atoms with Gasteiger partial charge in [0.1, 0.15) is 0 Å². The van der Waals surface area contributed by atoms with Crippen LogP contribution in [0.5, 0.6) is 0 Å². The second-order valence-electron chi connectivity index (χ2n) is 1.09. The van der Waals surface area contributed by atoms with Crippen molar-refractivity contribution in [3.05, 3.63) is 0 Å². The van der Waals surface area contributed by atoms with Crippen LogP contribution >= 0.6 is 11.8 Å². The Morgan fingerprint density at radius 2 is 2.12 bits per heavy atom. The lowest BCUT2D eigenvalue weighted by molar-refractivity contribution is 1.28. The van der Waals surface area contributed by atoms with E-state index >= 15 is 0 Å². The second-order valence-corrected chi connectivity index (χ2v) is 1.70. The maximum Gasteiger partial charge on any atom is 0.0134 e. The highest BCUT2D eigenvalue weighted by atomic mass is 32.2. The van der Waals surface area contributed by atoms with Crippen LogP contribution in [0.3, 0.4) is 0 Å². The first-order chi connectivity index (χ1) is 3.91. The monoisotopic (exact) mass is 124 g/mol. The largest absolute Gasteiger partial charge is 0.0937 e. The van der Waals surface area contributed by atoms with Crippen molar-refractivity contribution in [2.24, 2.45) is 0 Å². The van der Waals surface area contributed by atoms with E-state index in [4.69, 9.17) is 0 Å². The molecule has 0 aliphatic heterocycles. The maximum atomic E-state index is 2.89. The molecule has 0 unspecified atom stereocenters. The molecule has 0 aromatic heterocycles. The smallest absolute Gasteiger partial charge is 0.0134 e. The van der Waals surface area contributed by atoms with Gasteiger partial charge in [-0.2, -0.15) is 0 Å². The predicted molar refractivity (Wildman–Crippen MR) is 39.1 cm³/mol. The van der Waals surface area contributed by atoms with Gasteiger partial charge in [-0.05, 0) is 17.4 Å². The van der Waals surface area contributed by atoms with Crippen molar-refractivity contribution in [3.8, 4) is 22.3 Å². The Kier molecular flexibility index (Phi) is 6.04. The third kappa shape index (κ3) is 5.47. The van der Waals surface area contributed by atoms with Gasteiger partial charge in [0.05, 0.1) is 0 Å². The molecule has 0 bridgehead atoms. The molecule has 0 saturated heterocycles. The Bertz CT molecular complexity index is 149. The van der Waals surface area contributed by atoms with Crippen LogP contribution in [0.15, 0.2) is 0 Å². The van der Waals surface area contributed by atoms with Crippen molar-refractivity contribution in [1.29, 1.82) is 0 Å². The van der Waals surface area contributed by atoms with E-state index in [9.17, 15) is 0 Å². The summed E-state index contributed by atoms with van der Waals surface area (Å²) in [5, 5.41) is 5.61. The summed E-state index contributed by atoms with van der Waals surface area (Å²) in [4.78, 5) is 0. The van der Waals surface area contributed by atoms with Crippen molar-refractivity contribution in [3.63, 3.8) is 0 Å². The highest BCUT2D eigenvalue weighted by molar-refractivity contribution is 8.08. The van der Waals surface area contributed by atoms with E-state index in [1.807, 2.05) is 6.92 Å². The first-order valence-electron chi connectivity index (χ1n) is 2.47. The molecule has 0 nitrogen and oxygen atoms in total. The standard InChI is InChI=1S/C7H8S/c1-3-5-7-8-6-4-2/h3H2,1-2H3. The minimum atomic E-state index is 0.915.